The maximum atomic E-state index is 10.4. The van der Waals surface area contributed by atoms with Crippen molar-refractivity contribution in [3.05, 3.63) is 29.8 Å². The Bertz CT molecular complexity index is 308. The molecule has 3 heteroatoms. The molecule has 0 atom stereocenters. The molecule has 0 aliphatic heterocycles. The summed E-state index contributed by atoms with van der Waals surface area (Å²) in [4.78, 5) is 10.4. The van der Waals surface area contributed by atoms with Crippen molar-refractivity contribution >= 4 is 17.0 Å². The lowest BCUT2D eigenvalue weighted by Gasteiger charge is -2.06. The molecule has 0 radical (unpaired) electrons. The molecule has 0 saturated carbocycles. The quantitative estimate of drug-likeness (QED) is 0.680. The molecule has 13 heavy (non-hydrogen) atoms. The summed E-state index contributed by atoms with van der Waals surface area (Å²) in [6.45, 7) is 4.14. The Balaban J connectivity index is 2.85. The molecule has 1 aromatic carbocycles. The predicted octanol–water partition coefficient (Wildman–Crippen LogP) is 3.55. The number of rotatable bonds is 2. The first kappa shape index (κ1) is 10.1. The van der Waals surface area contributed by atoms with E-state index in [1.54, 1.807) is 6.07 Å². The SMILES string of the molecule is CC(C)c1cccc(OC(=O)Cl)c1. The molecule has 0 aromatic heterocycles. The summed E-state index contributed by atoms with van der Waals surface area (Å²) >= 11 is 5.08. The highest BCUT2D eigenvalue weighted by atomic mass is 35.5. The van der Waals surface area contributed by atoms with E-state index in [1.165, 1.54) is 0 Å². The third-order valence-electron chi connectivity index (χ3n) is 1.72. The molecule has 0 aliphatic carbocycles. The summed E-state index contributed by atoms with van der Waals surface area (Å²) < 4.78 is 4.73. The van der Waals surface area contributed by atoms with Crippen LogP contribution in [0, 0.1) is 0 Å². The lowest BCUT2D eigenvalue weighted by molar-refractivity contribution is 0.225. The van der Waals surface area contributed by atoms with Crippen LogP contribution >= 0.6 is 11.6 Å². The van der Waals surface area contributed by atoms with Gasteiger partial charge in [0.2, 0.25) is 0 Å². The van der Waals surface area contributed by atoms with Gasteiger partial charge in [0, 0.05) is 11.6 Å². The van der Waals surface area contributed by atoms with E-state index >= 15 is 0 Å². The lowest BCUT2D eigenvalue weighted by atomic mass is 10.0. The van der Waals surface area contributed by atoms with E-state index in [4.69, 9.17) is 16.3 Å². The number of carbonyl (C=O) groups is 1. The normalized spacial score (nSPS) is 10.2. The molecule has 0 bridgehead atoms. The minimum absolute atomic E-state index is 0.411. The summed E-state index contributed by atoms with van der Waals surface area (Å²) in [5.74, 6) is 0.903. The van der Waals surface area contributed by atoms with E-state index in [9.17, 15) is 4.79 Å². The van der Waals surface area contributed by atoms with Crippen molar-refractivity contribution < 1.29 is 9.53 Å². The van der Waals surface area contributed by atoms with Crippen molar-refractivity contribution in [1.29, 1.82) is 0 Å². The maximum absolute atomic E-state index is 10.4. The fraction of sp³-hybridized carbons (Fsp3) is 0.300. The molecule has 1 aromatic rings. The van der Waals surface area contributed by atoms with E-state index in [1.807, 2.05) is 18.2 Å². The first-order chi connectivity index (χ1) is 6.09. The van der Waals surface area contributed by atoms with Crippen LogP contribution in [0.3, 0.4) is 0 Å². The zero-order valence-corrected chi connectivity index (χ0v) is 8.34. The Kier molecular flexibility index (Phi) is 3.32. The lowest BCUT2D eigenvalue weighted by Crippen LogP contribution is -1.97. The zero-order chi connectivity index (χ0) is 9.84. The molecular formula is C10H11ClO2. The summed E-state index contributed by atoms with van der Waals surface area (Å²) in [5, 5.41) is 0. The highest BCUT2D eigenvalue weighted by Crippen LogP contribution is 2.20. The van der Waals surface area contributed by atoms with Crippen molar-refractivity contribution in [3.63, 3.8) is 0 Å². The topological polar surface area (TPSA) is 26.3 Å². The Morgan fingerprint density at radius 2 is 2.15 bits per heavy atom. The minimum atomic E-state index is -0.805. The average Bonchev–Trinajstić information content (AvgIpc) is 2.03. The Morgan fingerprint density at radius 1 is 1.46 bits per heavy atom. The van der Waals surface area contributed by atoms with Gasteiger partial charge in [-0.15, -0.1) is 0 Å². The van der Waals surface area contributed by atoms with Crippen LogP contribution in [0.1, 0.15) is 25.3 Å². The van der Waals surface area contributed by atoms with Crippen molar-refractivity contribution in [3.8, 4) is 5.75 Å². The van der Waals surface area contributed by atoms with Crippen LogP contribution < -0.4 is 4.74 Å². The van der Waals surface area contributed by atoms with Crippen LogP contribution in [0.2, 0.25) is 0 Å². The van der Waals surface area contributed by atoms with Gasteiger partial charge in [-0.2, -0.15) is 0 Å². The van der Waals surface area contributed by atoms with E-state index in [0.29, 0.717) is 11.7 Å². The second-order valence-corrected chi connectivity index (χ2v) is 3.38. The van der Waals surface area contributed by atoms with Gasteiger partial charge in [0.25, 0.3) is 0 Å². The van der Waals surface area contributed by atoms with Crippen molar-refractivity contribution in [2.75, 3.05) is 0 Å². The number of hydrogen-bond acceptors (Lipinski definition) is 2. The van der Waals surface area contributed by atoms with Crippen molar-refractivity contribution in [2.45, 2.75) is 19.8 Å². The van der Waals surface area contributed by atoms with Gasteiger partial charge in [-0.25, -0.2) is 4.79 Å². The molecule has 0 aliphatic rings. The molecule has 0 saturated heterocycles. The van der Waals surface area contributed by atoms with E-state index < -0.39 is 5.43 Å². The Hall–Kier alpha value is -1.02. The summed E-state index contributed by atoms with van der Waals surface area (Å²) in [6.07, 6.45) is 0. The van der Waals surface area contributed by atoms with Gasteiger partial charge in [0.1, 0.15) is 5.75 Å². The van der Waals surface area contributed by atoms with E-state index in [0.717, 1.165) is 5.56 Å². The number of carbonyl (C=O) groups excluding carboxylic acids is 1. The molecule has 0 N–H and O–H groups in total. The van der Waals surface area contributed by atoms with Gasteiger partial charge < -0.3 is 4.74 Å². The number of halogens is 1. The van der Waals surface area contributed by atoms with Gasteiger partial charge in [-0.05, 0) is 23.6 Å². The summed E-state index contributed by atoms with van der Waals surface area (Å²) in [5.41, 5.74) is 0.316. The fourth-order valence-electron chi connectivity index (χ4n) is 1.03. The molecule has 0 spiro atoms. The second kappa shape index (κ2) is 4.28. The van der Waals surface area contributed by atoms with Gasteiger partial charge in [0.15, 0.2) is 0 Å². The van der Waals surface area contributed by atoms with Crippen LogP contribution in [-0.4, -0.2) is 5.43 Å². The Morgan fingerprint density at radius 3 is 2.69 bits per heavy atom. The molecule has 70 valence electrons. The molecule has 0 fully saturated rings. The Labute approximate surface area is 82.5 Å². The largest absolute Gasteiger partial charge is 0.414 e. The predicted molar refractivity (Wildman–Crippen MR) is 52.4 cm³/mol. The van der Waals surface area contributed by atoms with E-state index in [2.05, 4.69) is 13.8 Å². The second-order valence-electron chi connectivity index (χ2n) is 3.07. The molecule has 2 nitrogen and oxygen atoms in total. The van der Waals surface area contributed by atoms with Crippen LogP contribution in [0.15, 0.2) is 24.3 Å². The smallest absolute Gasteiger partial charge is 0.409 e. The van der Waals surface area contributed by atoms with Crippen LogP contribution in [0.4, 0.5) is 4.79 Å². The zero-order valence-electron chi connectivity index (χ0n) is 7.58. The van der Waals surface area contributed by atoms with Crippen molar-refractivity contribution in [2.24, 2.45) is 0 Å². The number of hydrogen-bond donors (Lipinski definition) is 0. The minimum Gasteiger partial charge on any atom is -0.414 e. The molecular weight excluding hydrogens is 188 g/mol. The van der Waals surface area contributed by atoms with E-state index in [-0.39, 0.29) is 0 Å². The van der Waals surface area contributed by atoms with Gasteiger partial charge in [-0.1, -0.05) is 26.0 Å². The molecule has 0 amide bonds. The highest BCUT2D eigenvalue weighted by Gasteiger charge is 2.03. The van der Waals surface area contributed by atoms with Crippen molar-refractivity contribution in [1.82, 2.24) is 0 Å². The average molecular weight is 199 g/mol. The van der Waals surface area contributed by atoms with Crippen LogP contribution in [0.5, 0.6) is 5.75 Å². The maximum Gasteiger partial charge on any atom is 0.409 e. The van der Waals surface area contributed by atoms with Gasteiger partial charge in [0.05, 0.1) is 0 Å². The molecule has 0 unspecified atom stereocenters. The van der Waals surface area contributed by atoms with Crippen LogP contribution in [-0.2, 0) is 0 Å². The highest BCUT2D eigenvalue weighted by molar-refractivity contribution is 6.61. The number of benzene rings is 1. The summed E-state index contributed by atoms with van der Waals surface area (Å²) in [7, 11) is 0. The fourth-order valence-corrected chi connectivity index (χ4v) is 1.12. The van der Waals surface area contributed by atoms with Gasteiger partial charge >= 0.3 is 5.43 Å². The first-order valence-electron chi connectivity index (χ1n) is 4.07. The third-order valence-corrected chi connectivity index (χ3v) is 1.80. The standard InChI is InChI=1S/C10H11ClO2/c1-7(2)8-4-3-5-9(6-8)13-10(11)12/h3-7H,1-2H3. The molecule has 1 rings (SSSR count). The first-order valence-corrected chi connectivity index (χ1v) is 4.44. The monoisotopic (exact) mass is 198 g/mol. The van der Waals surface area contributed by atoms with Crippen LogP contribution in [0.25, 0.3) is 0 Å². The summed E-state index contributed by atoms with van der Waals surface area (Å²) in [6, 6.07) is 7.33. The molecule has 0 heterocycles. The third kappa shape index (κ3) is 3.07. The van der Waals surface area contributed by atoms with Gasteiger partial charge in [-0.3, -0.25) is 0 Å². The number of ether oxygens (including phenoxy) is 1.